The third kappa shape index (κ3) is 3.98. The van der Waals surface area contributed by atoms with Crippen LogP contribution in [0.25, 0.3) is 0 Å². The molecule has 1 saturated heterocycles. The smallest absolute Gasteiger partial charge is 0.0209 e. The molecule has 1 saturated carbocycles. The molecule has 1 N–H and O–H groups in total. The van der Waals surface area contributed by atoms with Crippen LogP contribution in [0.2, 0.25) is 0 Å². The van der Waals surface area contributed by atoms with Gasteiger partial charge in [0, 0.05) is 24.7 Å². The van der Waals surface area contributed by atoms with Crippen molar-refractivity contribution in [1.29, 1.82) is 0 Å². The van der Waals surface area contributed by atoms with Gasteiger partial charge in [-0.1, -0.05) is 27.2 Å². The first-order valence-electron chi connectivity index (χ1n) is 8.92. The summed E-state index contributed by atoms with van der Waals surface area (Å²) in [4.78, 5) is 2.61. The highest BCUT2D eigenvalue weighted by Crippen LogP contribution is 2.40. The Hall–Kier alpha value is -0.0800. The van der Waals surface area contributed by atoms with Crippen LogP contribution in [0.4, 0.5) is 0 Å². The number of rotatable bonds is 5. The zero-order valence-corrected chi connectivity index (χ0v) is 14.4. The van der Waals surface area contributed by atoms with E-state index in [2.05, 4.69) is 44.8 Å². The van der Waals surface area contributed by atoms with E-state index in [0.29, 0.717) is 11.5 Å². The molecule has 0 radical (unpaired) electrons. The third-order valence-electron chi connectivity index (χ3n) is 6.16. The van der Waals surface area contributed by atoms with Gasteiger partial charge in [-0.25, -0.2) is 0 Å². The van der Waals surface area contributed by atoms with E-state index in [-0.39, 0.29) is 0 Å². The minimum absolute atomic E-state index is 0.548. The fourth-order valence-electron chi connectivity index (χ4n) is 4.06. The minimum atomic E-state index is 0.548. The van der Waals surface area contributed by atoms with E-state index in [9.17, 15) is 0 Å². The predicted molar refractivity (Wildman–Crippen MR) is 88.1 cm³/mol. The molecule has 2 nitrogen and oxygen atoms in total. The fourth-order valence-corrected chi connectivity index (χ4v) is 4.06. The van der Waals surface area contributed by atoms with E-state index in [1.54, 1.807) is 0 Å². The van der Waals surface area contributed by atoms with Crippen LogP contribution in [0, 0.1) is 11.3 Å². The molecule has 1 aliphatic carbocycles. The Morgan fingerprint density at radius 3 is 2.20 bits per heavy atom. The molecule has 0 amide bonds. The first kappa shape index (κ1) is 16.3. The van der Waals surface area contributed by atoms with Crippen LogP contribution in [0.5, 0.6) is 0 Å². The van der Waals surface area contributed by atoms with Crippen molar-refractivity contribution in [1.82, 2.24) is 10.2 Å². The van der Waals surface area contributed by atoms with Gasteiger partial charge in [-0.3, -0.25) is 4.90 Å². The molecule has 1 unspecified atom stereocenters. The summed E-state index contributed by atoms with van der Waals surface area (Å²) < 4.78 is 0. The Morgan fingerprint density at radius 2 is 1.70 bits per heavy atom. The molecular weight excluding hydrogens is 244 g/mol. The minimum Gasteiger partial charge on any atom is -0.310 e. The van der Waals surface area contributed by atoms with Crippen molar-refractivity contribution in [2.45, 2.75) is 91.3 Å². The second kappa shape index (κ2) is 6.79. The highest BCUT2D eigenvalue weighted by Gasteiger charge is 2.33. The molecule has 2 aliphatic rings. The van der Waals surface area contributed by atoms with Crippen LogP contribution in [0.3, 0.4) is 0 Å². The van der Waals surface area contributed by atoms with Crippen molar-refractivity contribution in [3.8, 4) is 0 Å². The summed E-state index contributed by atoms with van der Waals surface area (Å²) in [5.74, 6) is 0.946. The van der Waals surface area contributed by atoms with Gasteiger partial charge in [0.2, 0.25) is 0 Å². The number of likely N-dealkylation sites (tertiary alicyclic amines) is 1. The van der Waals surface area contributed by atoms with Crippen molar-refractivity contribution in [3.05, 3.63) is 0 Å². The van der Waals surface area contributed by atoms with Crippen LogP contribution in [0.1, 0.15) is 73.1 Å². The molecule has 20 heavy (non-hydrogen) atoms. The highest BCUT2D eigenvalue weighted by molar-refractivity contribution is 4.89. The summed E-state index contributed by atoms with van der Waals surface area (Å²) >= 11 is 0. The molecule has 0 bridgehead atoms. The second-order valence-corrected chi connectivity index (χ2v) is 8.13. The summed E-state index contributed by atoms with van der Waals surface area (Å²) in [6, 6.07) is 2.25. The van der Waals surface area contributed by atoms with Gasteiger partial charge >= 0.3 is 0 Å². The van der Waals surface area contributed by atoms with Crippen molar-refractivity contribution in [3.63, 3.8) is 0 Å². The Balaban J connectivity index is 1.73. The summed E-state index contributed by atoms with van der Waals surface area (Å²) in [6.45, 7) is 14.5. The van der Waals surface area contributed by atoms with Gasteiger partial charge in [-0.05, 0) is 63.8 Å². The molecule has 2 heteroatoms. The maximum Gasteiger partial charge on any atom is 0.0209 e. The van der Waals surface area contributed by atoms with Gasteiger partial charge in [-0.2, -0.15) is 0 Å². The summed E-state index contributed by atoms with van der Waals surface area (Å²) in [6.07, 6.45) is 8.32. The first-order chi connectivity index (χ1) is 9.42. The van der Waals surface area contributed by atoms with Gasteiger partial charge in [0.1, 0.15) is 0 Å². The average molecular weight is 280 g/mol. The molecule has 118 valence electrons. The summed E-state index contributed by atoms with van der Waals surface area (Å²) in [5.41, 5.74) is 0.548. The van der Waals surface area contributed by atoms with E-state index in [1.807, 2.05) is 0 Å². The Labute approximate surface area is 126 Å². The maximum absolute atomic E-state index is 3.95. The van der Waals surface area contributed by atoms with Gasteiger partial charge in [0.25, 0.3) is 0 Å². The van der Waals surface area contributed by atoms with Gasteiger partial charge in [-0.15, -0.1) is 0 Å². The SMILES string of the molecule is CCC(C)(C)C1CCC(NC2CCN(C(C)C)C2)CC1. The topological polar surface area (TPSA) is 15.3 Å². The first-order valence-corrected chi connectivity index (χ1v) is 8.92. The highest BCUT2D eigenvalue weighted by atomic mass is 15.2. The van der Waals surface area contributed by atoms with Crippen LogP contribution < -0.4 is 5.32 Å². The van der Waals surface area contributed by atoms with E-state index < -0.39 is 0 Å². The van der Waals surface area contributed by atoms with Crippen LogP contribution in [0.15, 0.2) is 0 Å². The molecule has 1 heterocycles. The monoisotopic (exact) mass is 280 g/mol. The zero-order valence-electron chi connectivity index (χ0n) is 14.4. The van der Waals surface area contributed by atoms with Crippen molar-refractivity contribution in [2.75, 3.05) is 13.1 Å². The molecule has 0 aromatic rings. The van der Waals surface area contributed by atoms with Gasteiger partial charge in [0.05, 0.1) is 0 Å². The summed E-state index contributed by atoms with van der Waals surface area (Å²) in [5, 5.41) is 3.95. The van der Waals surface area contributed by atoms with E-state index >= 15 is 0 Å². The number of nitrogens with one attached hydrogen (secondary N) is 1. The molecule has 0 aromatic heterocycles. The van der Waals surface area contributed by atoms with Crippen molar-refractivity contribution >= 4 is 0 Å². The second-order valence-electron chi connectivity index (χ2n) is 8.13. The standard InChI is InChI=1S/C18H36N2/c1-6-18(4,5)15-7-9-16(10-8-15)19-17-11-12-20(13-17)14(2)3/h14-17,19H,6-13H2,1-5H3. The van der Waals surface area contributed by atoms with Crippen LogP contribution in [-0.2, 0) is 0 Å². The molecule has 2 rings (SSSR count). The predicted octanol–water partition coefficient (Wildman–Crippen LogP) is 4.05. The third-order valence-corrected chi connectivity index (χ3v) is 6.16. The molecule has 1 aliphatic heterocycles. The molecular formula is C18H36N2. The van der Waals surface area contributed by atoms with Crippen LogP contribution >= 0.6 is 0 Å². The lowest BCUT2D eigenvalue weighted by Crippen LogP contribution is -2.43. The van der Waals surface area contributed by atoms with Crippen molar-refractivity contribution in [2.24, 2.45) is 11.3 Å². The zero-order chi connectivity index (χ0) is 14.8. The van der Waals surface area contributed by atoms with E-state index in [4.69, 9.17) is 0 Å². The normalized spacial score (nSPS) is 33.0. The lowest BCUT2D eigenvalue weighted by atomic mass is 9.69. The molecule has 1 atom stereocenters. The quantitative estimate of drug-likeness (QED) is 0.817. The number of hydrogen-bond acceptors (Lipinski definition) is 2. The van der Waals surface area contributed by atoms with E-state index in [1.165, 1.54) is 51.6 Å². The molecule has 0 aromatic carbocycles. The Bertz CT molecular complexity index is 290. The summed E-state index contributed by atoms with van der Waals surface area (Å²) in [7, 11) is 0. The Kier molecular flexibility index (Phi) is 5.53. The van der Waals surface area contributed by atoms with Gasteiger partial charge in [0.15, 0.2) is 0 Å². The number of nitrogens with zero attached hydrogens (tertiary/aromatic N) is 1. The molecule has 0 spiro atoms. The lowest BCUT2D eigenvalue weighted by Gasteiger charge is -2.39. The largest absolute Gasteiger partial charge is 0.310 e. The maximum atomic E-state index is 3.95. The average Bonchev–Trinajstić information content (AvgIpc) is 2.88. The Morgan fingerprint density at radius 1 is 1.05 bits per heavy atom. The van der Waals surface area contributed by atoms with Crippen LogP contribution in [-0.4, -0.2) is 36.1 Å². The lowest BCUT2D eigenvalue weighted by molar-refractivity contribution is 0.133. The van der Waals surface area contributed by atoms with Gasteiger partial charge < -0.3 is 5.32 Å². The number of hydrogen-bond donors (Lipinski definition) is 1. The molecule has 2 fully saturated rings. The fraction of sp³-hybridized carbons (Fsp3) is 1.00. The van der Waals surface area contributed by atoms with E-state index in [0.717, 1.165) is 18.0 Å². The van der Waals surface area contributed by atoms with Crippen molar-refractivity contribution < 1.29 is 0 Å².